The summed E-state index contributed by atoms with van der Waals surface area (Å²) in [4.78, 5) is 28.3. The highest BCUT2D eigenvalue weighted by Crippen LogP contribution is 2.37. The van der Waals surface area contributed by atoms with Crippen LogP contribution < -0.4 is 20.9 Å². The molecule has 5 aromatic rings. The van der Waals surface area contributed by atoms with Crippen molar-refractivity contribution in [2.24, 2.45) is 0 Å². The molecule has 1 aliphatic rings. The van der Waals surface area contributed by atoms with Crippen LogP contribution in [-0.2, 0) is 19.4 Å². The second kappa shape index (κ2) is 12.9. The van der Waals surface area contributed by atoms with E-state index in [0.29, 0.717) is 29.0 Å². The van der Waals surface area contributed by atoms with Gasteiger partial charge in [0.05, 0.1) is 32.2 Å². The summed E-state index contributed by atoms with van der Waals surface area (Å²) in [6, 6.07) is 20.7. The van der Waals surface area contributed by atoms with Gasteiger partial charge in [-0.25, -0.2) is 9.97 Å². The number of benzene rings is 3. The lowest BCUT2D eigenvalue weighted by Gasteiger charge is -2.37. The Kier molecular flexibility index (Phi) is 8.45. The topological polar surface area (TPSA) is 134 Å². The third-order valence-electron chi connectivity index (χ3n) is 8.07. The van der Waals surface area contributed by atoms with Crippen molar-refractivity contribution in [2.75, 3.05) is 32.2 Å². The molecule has 6 rings (SSSR count). The summed E-state index contributed by atoms with van der Waals surface area (Å²) in [6.07, 6.45) is 11.9. The van der Waals surface area contributed by atoms with E-state index in [1.165, 1.54) is 23.8 Å². The molecule has 45 heavy (non-hydrogen) atoms. The van der Waals surface area contributed by atoms with Crippen molar-refractivity contribution < 1.29 is 14.3 Å². The number of methoxy groups -OCH3 is 2. The molecule has 1 aliphatic heterocycles. The second-order valence-electron chi connectivity index (χ2n) is 10.9. The average Bonchev–Trinajstić information content (AvgIpc) is 3.57. The molecule has 0 bridgehead atoms. The number of carbonyl (C=O) groups is 1. The van der Waals surface area contributed by atoms with Crippen molar-refractivity contribution in [1.82, 2.24) is 24.4 Å². The number of carbonyl (C=O) groups excluding carboxylic acids is 1. The van der Waals surface area contributed by atoms with Crippen LogP contribution in [0.2, 0.25) is 0 Å². The van der Waals surface area contributed by atoms with Gasteiger partial charge in [0.2, 0.25) is 5.95 Å². The Morgan fingerprint density at radius 3 is 2.60 bits per heavy atom. The summed E-state index contributed by atoms with van der Waals surface area (Å²) in [7, 11) is 3.07. The SMILES string of the molecule is COc1cc(Cc2cnc(N)nc2N)cc(C(=O)/C=C/N2CCc3ccccc3C2c2ccc(Cn3ccnc3)cc2)c1OC. The minimum Gasteiger partial charge on any atom is -0.493 e. The highest BCUT2D eigenvalue weighted by molar-refractivity contribution is 6.07. The van der Waals surface area contributed by atoms with Gasteiger partial charge in [0.15, 0.2) is 17.3 Å². The number of hydrogen-bond acceptors (Lipinski definition) is 9. The molecular formula is C35H35N7O3. The van der Waals surface area contributed by atoms with Crippen molar-refractivity contribution in [2.45, 2.75) is 25.4 Å². The third kappa shape index (κ3) is 6.35. The second-order valence-corrected chi connectivity index (χ2v) is 10.9. The number of allylic oxidation sites excluding steroid dienone is 1. The number of imidazole rings is 1. The van der Waals surface area contributed by atoms with Gasteiger partial charge in [-0.2, -0.15) is 4.98 Å². The number of rotatable bonds is 10. The molecule has 0 fully saturated rings. The Bertz CT molecular complexity index is 1840. The Morgan fingerprint density at radius 2 is 1.87 bits per heavy atom. The van der Waals surface area contributed by atoms with Gasteiger partial charge in [-0.1, -0.05) is 48.5 Å². The molecule has 0 aliphatic carbocycles. The van der Waals surface area contributed by atoms with E-state index in [4.69, 9.17) is 20.9 Å². The predicted molar refractivity (Wildman–Crippen MR) is 173 cm³/mol. The zero-order chi connectivity index (χ0) is 31.3. The Morgan fingerprint density at radius 1 is 1.04 bits per heavy atom. The average molecular weight is 602 g/mol. The number of ketones is 1. The number of anilines is 2. The molecule has 0 spiro atoms. The first kappa shape index (κ1) is 29.4. The Balaban J connectivity index is 1.30. The first-order chi connectivity index (χ1) is 21.9. The van der Waals surface area contributed by atoms with E-state index < -0.39 is 0 Å². The highest BCUT2D eigenvalue weighted by atomic mass is 16.5. The van der Waals surface area contributed by atoms with E-state index in [0.717, 1.165) is 30.6 Å². The van der Waals surface area contributed by atoms with Crippen molar-refractivity contribution in [3.05, 3.63) is 137 Å². The number of hydrogen-bond donors (Lipinski definition) is 2. The number of ether oxygens (including phenoxy) is 2. The Labute approximate surface area is 262 Å². The van der Waals surface area contributed by atoms with Gasteiger partial charge < -0.3 is 30.4 Å². The molecule has 0 radical (unpaired) electrons. The van der Waals surface area contributed by atoms with Crippen LogP contribution in [0.3, 0.4) is 0 Å². The minimum atomic E-state index is -0.207. The molecule has 1 atom stereocenters. The number of nitrogens with zero attached hydrogens (tertiary/aromatic N) is 5. The standard InChI is InChI=1S/C35H35N7O3/c1-44-31-19-24(17-27-20-39-35(37)40-34(27)36)18-29(33(31)45-2)30(43)12-15-42-14-11-25-5-3-4-6-28(25)32(42)26-9-7-23(8-10-26)21-41-16-13-38-22-41/h3-10,12-13,15-16,18-20,22,32H,11,14,17,21H2,1-2H3,(H4,36,37,39,40)/b15-12+. The van der Waals surface area contributed by atoms with Crippen molar-refractivity contribution in [1.29, 1.82) is 0 Å². The van der Waals surface area contributed by atoms with Crippen molar-refractivity contribution in [3.8, 4) is 11.5 Å². The number of aromatic nitrogens is 4. The van der Waals surface area contributed by atoms with Crippen LogP contribution in [0.15, 0.2) is 97.9 Å². The molecule has 10 heteroatoms. The molecule has 10 nitrogen and oxygen atoms in total. The van der Waals surface area contributed by atoms with E-state index in [9.17, 15) is 4.79 Å². The summed E-state index contributed by atoms with van der Waals surface area (Å²) in [5.74, 6) is 1.00. The maximum absolute atomic E-state index is 13.8. The molecule has 3 aromatic carbocycles. The summed E-state index contributed by atoms with van der Waals surface area (Å²) in [5.41, 5.74) is 18.5. The van der Waals surface area contributed by atoms with Crippen LogP contribution in [0.4, 0.5) is 11.8 Å². The molecule has 228 valence electrons. The third-order valence-corrected chi connectivity index (χ3v) is 8.07. The summed E-state index contributed by atoms with van der Waals surface area (Å²) in [5, 5.41) is 0. The van der Waals surface area contributed by atoms with Gasteiger partial charge in [0, 0.05) is 55.9 Å². The molecule has 4 N–H and O–H groups in total. The molecule has 0 amide bonds. The number of nitrogens with two attached hydrogens (primary N) is 2. The van der Waals surface area contributed by atoms with Gasteiger partial charge in [-0.15, -0.1) is 0 Å². The predicted octanol–water partition coefficient (Wildman–Crippen LogP) is 4.84. The quantitative estimate of drug-likeness (QED) is 0.170. The van der Waals surface area contributed by atoms with Crippen molar-refractivity contribution in [3.63, 3.8) is 0 Å². The number of nitrogen functional groups attached to an aromatic ring is 2. The zero-order valence-electron chi connectivity index (χ0n) is 25.3. The molecule has 3 heterocycles. The maximum Gasteiger partial charge on any atom is 0.221 e. The van der Waals surface area contributed by atoms with E-state index >= 15 is 0 Å². The monoisotopic (exact) mass is 601 g/mol. The van der Waals surface area contributed by atoms with Crippen LogP contribution in [0.1, 0.15) is 49.8 Å². The fourth-order valence-electron chi connectivity index (χ4n) is 5.86. The number of fused-ring (bicyclic) bond motifs is 1. The van der Waals surface area contributed by atoms with Crippen LogP contribution in [0.25, 0.3) is 0 Å². The largest absolute Gasteiger partial charge is 0.493 e. The lowest BCUT2D eigenvalue weighted by molar-refractivity contribution is 0.104. The van der Waals surface area contributed by atoms with Gasteiger partial charge in [-0.3, -0.25) is 4.79 Å². The first-order valence-electron chi connectivity index (χ1n) is 14.7. The lowest BCUT2D eigenvalue weighted by atomic mass is 9.88. The minimum absolute atomic E-state index is 0.0439. The molecule has 0 saturated carbocycles. The molecule has 2 aromatic heterocycles. The summed E-state index contributed by atoms with van der Waals surface area (Å²) < 4.78 is 13.3. The fourth-order valence-corrected chi connectivity index (χ4v) is 5.86. The van der Waals surface area contributed by atoms with Gasteiger partial charge >= 0.3 is 0 Å². The van der Waals surface area contributed by atoms with E-state index in [2.05, 4.69) is 68.4 Å². The van der Waals surface area contributed by atoms with Gasteiger partial charge in [-0.05, 0) is 46.4 Å². The van der Waals surface area contributed by atoms with E-state index in [1.807, 2.05) is 29.4 Å². The van der Waals surface area contributed by atoms with Crippen LogP contribution in [0.5, 0.6) is 11.5 Å². The maximum atomic E-state index is 13.8. The lowest BCUT2D eigenvalue weighted by Crippen LogP contribution is -2.32. The molecule has 0 saturated heterocycles. The van der Waals surface area contributed by atoms with E-state index in [1.54, 1.807) is 31.6 Å². The molecular weight excluding hydrogens is 566 g/mol. The smallest absolute Gasteiger partial charge is 0.221 e. The van der Waals surface area contributed by atoms with Crippen LogP contribution in [-0.4, -0.2) is 51.0 Å². The highest BCUT2D eigenvalue weighted by Gasteiger charge is 2.27. The Hall–Kier alpha value is -5.64. The first-order valence-corrected chi connectivity index (χ1v) is 14.7. The summed E-state index contributed by atoms with van der Waals surface area (Å²) >= 11 is 0. The fraction of sp³-hybridized carbons (Fsp3) is 0.200. The van der Waals surface area contributed by atoms with Crippen LogP contribution in [0, 0.1) is 0 Å². The summed E-state index contributed by atoms with van der Waals surface area (Å²) in [6.45, 7) is 1.51. The van der Waals surface area contributed by atoms with E-state index in [-0.39, 0.29) is 23.6 Å². The normalized spacial score (nSPS) is 14.4. The van der Waals surface area contributed by atoms with Gasteiger partial charge in [0.25, 0.3) is 0 Å². The zero-order valence-corrected chi connectivity index (χ0v) is 25.3. The van der Waals surface area contributed by atoms with Crippen molar-refractivity contribution >= 4 is 17.5 Å². The molecule has 1 unspecified atom stereocenters. The van der Waals surface area contributed by atoms with Crippen LogP contribution >= 0.6 is 0 Å². The van der Waals surface area contributed by atoms with Gasteiger partial charge in [0.1, 0.15) is 5.82 Å².